The van der Waals surface area contributed by atoms with E-state index >= 15 is 0 Å². The van der Waals surface area contributed by atoms with Crippen molar-refractivity contribution in [1.29, 1.82) is 0 Å². The topological polar surface area (TPSA) is 22.4 Å². The highest BCUT2D eigenvalue weighted by atomic mass is 28.4. The van der Waals surface area contributed by atoms with Gasteiger partial charge in [0.15, 0.2) is 8.32 Å². The predicted molar refractivity (Wildman–Crippen MR) is 154 cm³/mol. The molecule has 4 aliphatic rings. The second kappa shape index (κ2) is 8.87. The van der Waals surface area contributed by atoms with Gasteiger partial charge in [-0.3, -0.25) is 0 Å². The third-order valence-corrected chi connectivity index (χ3v) is 16.5. The van der Waals surface area contributed by atoms with Gasteiger partial charge >= 0.3 is 0 Å². The Morgan fingerprint density at radius 3 is 2.42 bits per heavy atom. The molecule has 202 valence electrons. The van der Waals surface area contributed by atoms with Gasteiger partial charge in [-0.05, 0) is 110 Å². The zero-order valence-electron chi connectivity index (χ0n) is 25.1. The van der Waals surface area contributed by atoms with Crippen LogP contribution in [0.2, 0.25) is 18.1 Å². The molecule has 0 amide bonds. The summed E-state index contributed by atoms with van der Waals surface area (Å²) >= 11 is 0. The van der Waals surface area contributed by atoms with Crippen LogP contribution in [0.15, 0.2) is 16.1 Å². The fourth-order valence-electron chi connectivity index (χ4n) is 8.70. The van der Waals surface area contributed by atoms with Gasteiger partial charge in [-0.25, -0.2) is 0 Å². The summed E-state index contributed by atoms with van der Waals surface area (Å²) in [5.41, 5.74) is 5.54. The summed E-state index contributed by atoms with van der Waals surface area (Å²) < 4.78 is 13.6. The highest BCUT2D eigenvalue weighted by molar-refractivity contribution is 6.74. The highest BCUT2D eigenvalue weighted by Crippen LogP contribution is 2.65. The van der Waals surface area contributed by atoms with Gasteiger partial charge < -0.3 is 8.84 Å². The van der Waals surface area contributed by atoms with E-state index in [1.54, 1.807) is 11.1 Å². The van der Waals surface area contributed by atoms with Crippen molar-refractivity contribution in [2.24, 2.45) is 29.1 Å². The van der Waals surface area contributed by atoms with Crippen molar-refractivity contribution in [2.45, 2.75) is 143 Å². The Hall–Kier alpha value is -0.803. The van der Waals surface area contributed by atoms with E-state index in [-0.39, 0.29) is 5.04 Å². The average molecular weight is 511 g/mol. The Bertz CT molecular complexity index is 1020. The van der Waals surface area contributed by atoms with E-state index in [1.807, 2.05) is 0 Å². The average Bonchev–Trinajstić information content (AvgIpc) is 3.25. The minimum Gasteiger partial charge on any atom is -0.465 e. The van der Waals surface area contributed by atoms with Gasteiger partial charge in [-0.1, -0.05) is 60.1 Å². The second-order valence-corrected chi connectivity index (χ2v) is 20.3. The third kappa shape index (κ3) is 4.14. The molecule has 6 atom stereocenters. The Kier molecular flexibility index (Phi) is 6.60. The van der Waals surface area contributed by atoms with Crippen molar-refractivity contribution in [3.8, 4) is 0 Å². The standard InChI is InChI=1S/C33H54O2Si/c1-21(2)11-14-28-22(3)30-29(34-28)20-27-25-13-12-23-19-24(35-36(9,10)31(4,5)6)15-17-32(23,7)26(25)16-18-33(27,30)8/h12,21,24-27H,11,13-20H2,1-10H3/t24-,25+,26-,27-,32-,33-/m0/s1. The van der Waals surface area contributed by atoms with Crippen molar-refractivity contribution in [3.63, 3.8) is 0 Å². The molecule has 0 spiro atoms. The van der Waals surface area contributed by atoms with Gasteiger partial charge in [-0.15, -0.1) is 0 Å². The zero-order valence-corrected chi connectivity index (χ0v) is 26.1. The Morgan fingerprint density at radius 2 is 1.75 bits per heavy atom. The molecule has 2 nitrogen and oxygen atoms in total. The lowest BCUT2D eigenvalue weighted by atomic mass is 9.47. The van der Waals surface area contributed by atoms with E-state index in [0.29, 0.717) is 16.9 Å². The van der Waals surface area contributed by atoms with Crippen molar-refractivity contribution >= 4 is 8.32 Å². The SMILES string of the molecule is Cc1c(CCC(C)C)oc2c1[C@@]1(C)CC[C@H]3[C@@H](CC=C4C[C@@H](O[Si](C)(C)C(C)(C)C)CC[C@@]43C)[C@@H]1C2. The summed E-state index contributed by atoms with van der Waals surface area (Å²) in [6.45, 7) is 24.2. The number of furan rings is 1. The molecular formula is C33H54O2Si. The Labute approximate surface area is 223 Å². The molecule has 3 heteroatoms. The first-order valence-corrected chi connectivity index (χ1v) is 18.1. The monoisotopic (exact) mass is 510 g/mol. The van der Waals surface area contributed by atoms with E-state index in [1.165, 1.54) is 68.5 Å². The van der Waals surface area contributed by atoms with Crippen molar-refractivity contribution in [2.75, 3.05) is 0 Å². The third-order valence-electron chi connectivity index (χ3n) is 12.0. The highest BCUT2D eigenvalue weighted by Gasteiger charge is 2.59. The Morgan fingerprint density at radius 1 is 1.06 bits per heavy atom. The molecule has 0 radical (unpaired) electrons. The minimum atomic E-state index is -1.72. The summed E-state index contributed by atoms with van der Waals surface area (Å²) in [5, 5.41) is 0.285. The molecule has 1 heterocycles. The lowest BCUT2D eigenvalue weighted by molar-refractivity contribution is -0.0153. The van der Waals surface area contributed by atoms with Crippen LogP contribution in [0.25, 0.3) is 0 Å². The maximum absolute atomic E-state index is 6.94. The van der Waals surface area contributed by atoms with Crippen LogP contribution >= 0.6 is 0 Å². The fourth-order valence-corrected chi connectivity index (χ4v) is 10.1. The van der Waals surface area contributed by atoms with Gasteiger partial charge in [0, 0.05) is 24.5 Å². The second-order valence-electron chi connectivity index (χ2n) is 15.5. The molecule has 36 heavy (non-hydrogen) atoms. The van der Waals surface area contributed by atoms with Crippen molar-refractivity contribution in [3.05, 3.63) is 34.3 Å². The maximum Gasteiger partial charge on any atom is 0.192 e. The van der Waals surface area contributed by atoms with E-state index in [2.05, 4.69) is 74.6 Å². The normalized spacial score (nSPS) is 36.2. The molecule has 4 aliphatic carbocycles. The van der Waals surface area contributed by atoms with E-state index < -0.39 is 8.32 Å². The van der Waals surface area contributed by atoms with Crippen LogP contribution in [0.4, 0.5) is 0 Å². The minimum absolute atomic E-state index is 0.285. The van der Waals surface area contributed by atoms with E-state index in [4.69, 9.17) is 8.84 Å². The molecule has 2 saturated carbocycles. The number of allylic oxidation sites excluding steroid dienone is 1. The summed E-state index contributed by atoms with van der Waals surface area (Å²) in [6.07, 6.45) is 14.3. The van der Waals surface area contributed by atoms with Crippen LogP contribution in [0.1, 0.15) is 116 Å². The first kappa shape index (κ1) is 26.8. The largest absolute Gasteiger partial charge is 0.465 e. The smallest absolute Gasteiger partial charge is 0.192 e. The zero-order chi connectivity index (χ0) is 26.3. The van der Waals surface area contributed by atoms with Crippen molar-refractivity contribution in [1.82, 2.24) is 0 Å². The van der Waals surface area contributed by atoms with Crippen LogP contribution in [0.5, 0.6) is 0 Å². The van der Waals surface area contributed by atoms with Gasteiger partial charge in [-0.2, -0.15) is 0 Å². The summed E-state index contributed by atoms with van der Waals surface area (Å²) in [5.74, 6) is 5.75. The van der Waals surface area contributed by atoms with Crippen LogP contribution in [-0.2, 0) is 22.7 Å². The van der Waals surface area contributed by atoms with Gasteiger partial charge in [0.2, 0.25) is 0 Å². The molecule has 0 aromatic carbocycles. The van der Waals surface area contributed by atoms with E-state index in [9.17, 15) is 0 Å². The summed E-state index contributed by atoms with van der Waals surface area (Å²) in [6, 6.07) is 0. The molecule has 1 aromatic rings. The first-order chi connectivity index (χ1) is 16.7. The Balaban J connectivity index is 1.35. The van der Waals surface area contributed by atoms with Crippen LogP contribution in [-0.4, -0.2) is 14.4 Å². The van der Waals surface area contributed by atoms with E-state index in [0.717, 1.165) is 30.1 Å². The number of rotatable bonds is 5. The van der Waals surface area contributed by atoms with Crippen LogP contribution in [0.3, 0.4) is 0 Å². The van der Waals surface area contributed by atoms with Crippen LogP contribution in [0, 0.1) is 36.0 Å². The van der Waals surface area contributed by atoms with Crippen LogP contribution < -0.4 is 0 Å². The molecule has 0 bridgehead atoms. The first-order valence-electron chi connectivity index (χ1n) is 15.2. The number of hydrogen-bond acceptors (Lipinski definition) is 2. The number of aryl methyl sites for hydroxylation is 1. The molecular weight excluding hydrogens is 456 g/mol. The molecule has 2 fully saturated rings. The lowest BCUT2D eigenvalue weighted by Crippen LogP contribution is -2.52. The number of fused-ring (bicyclic) bond motifs is 7. The van der Waals surface area contributed by atoms with Gasteiger partial charge in [0.05, 0.1) is 0 Å². The molecule has 0 aliphatic heterocycles. The molecule has 0 unspecified atom stereocenters. The molecule has 1 aromatic heterocycles. The fraction of sp³-hybridized carbons (Fsp3) is 0.818. The summed E-state index contributed by atoms with van der Waals surface area (Å²) in [4.78, 5) is 0. The summed E-state index contributed by atoms with van der Waals surface area (Å²) in [7, 11) is -1.72. The molecule has 5 rings (SSSR count). The van der Waals surface area contributed by atoms with Gasteiger partial charge in [0.1, 0.15) is 11.5 Å². The maximum atomic E-state index is 6.94. The predicted octanol–water partition coefficient (Wildman–Crippen LogP) is 9.54. The molecule has 0 saturated heterocycles. The quantitative estimate of drug-likeness (QED) is 0.291. The molecule has 0 N–H and O–H groups in total. The number of hydrogen-bond donors (Lipinski definition) is 0. The lowest BCUT2D eigenvalue weighted by Gasteiger charge is -2.58. The van der Waals surface area contributed by atoms with Gasteiger partial charge in [0.25, 0.3) is 0 Å². The van der Waals surface area contributed by atoms with Crippen molar-refractivity contribution < 1.29 is 8.84 Å².